The van der Waals surface area contributed by atoms with Gasteiger partial charge in [0, 0.05) is 12.6 Å². The Morgan fingerprint density at radius 2 is 1.88 bits per heavy atom. The number of carbonyl (C=O) groups is 1. The van der Waals surface area contributed by atoms with E-state index in [1.807, 2.05) is 42.7 Å². The minimum absolute atomic E-state index is 0.150. The van der Waals surface area contributed by atoms with Gasteiger partial charge in [-0.25, -0.2) is 0 Å². The Bertz CT molecular complexity index is 1100. The standard InChI is InChI=1S/C24H28N4O4S/c1-6-13-28-23(17(3)32-18-9-7-16(2)8-10-18)26-27-24(28)33-15-22(29)25-20-12-11-19(30-4)14-21(20)31-5/h6-12,14,17H,1,13,15H2,2-5H3,(H,25,29). The summed E-state index contributed by atoms with van der Waals surface area (Å²) in [5, 5.41) is 12.1. The summed E-state index contributed by atoms with van der Waals surface area (Å²) in [5.41, 5.74) is 1.73. The third kappa shape index (κ3) is 6.29. The number of aryl methyl sites for hydroxylation is 1. The lowest BCUT2D eigenvalue weighted by molar-refractivity contribution is -0.113. The van der Waals surface area contributed by atoms with Gasteiger partial charge in [-0.1, -0.05) is 35.5 Å². The predicted octanol–water partition coefficient (Wildman–Crippen LogP) is 4.66. The maximum absolute atomic E-state index is 12.6. The summed E-state index contributed by atoms with van der Waals surface area (Å²) < 4.78 is 18.5. The fraction of sp³-hybridized carbons (Fsp3) is 0.292. The molecule has 1 heterocycles. The van der Waals surface area contributed by atoms with Crippen molar-refractivity contribution in [3.05, 3.63) is 66.5 Å². The van der Waals surface area contributed by atoms with E-state index in [1.54, 1.807) is 31.4 Å². The number of benzene rings is 2. The van der Waals surface area contributed by atoms with E-state index in [2.05, 4.69) is 22.1 Å². The van der Waals surface area contributed by atoms with Gasteiger partial charge in [0.2, 0.25) is 5.91 Å². The van der Waals surface area contributed by atoms with Crippen LogP contribution in [0.25, 0.3) is 0 Å². The Balaban J connectivity index is 1.67. The Kier molecular flexibility index (Phi) is 8.37. The summed E-state index contributed by atoms with van der Waals surface area (Å²) in [6.45, 7) is 8.27. The number of hydrogen-bond donors (Lipinski definition) is 1. The van der Waals surface area contributed by atoms with Crippen LogP contribution in [0.3, 0.4) is 0 Å². The number of amides is 1. The molecule has 3 aromatic rings. The van der Waals surface area contributed by atoms with Crippen molar-refractivity contribution in [1.29, 1.82) is 0 Å². The van der Waals surface area contributed by atoms with Crippen molar-refractivity contribution in [2.24, 2.45) is 0 Å². The third-order valence-corrected chi connectivity index (χ3v) is 5.74. The molecule has 1 unspecified atom stereocenters. The number of hydrogen-bond acceptors (Lipinski definition) is 7. The lowest BCUT2D eigenvalue weighted by Crippen LogP contribution is -2.16. The number of nitrogens with zero attached hydrogens (tertiary/aromatic N) is 3. The van der Waals surface area contributed by atoms with E-state index in [9.17, 15) is 4.79 Å². The van der Waals surface area contributed by atoms with Crippen molar-refractivity contribution >= 4 is 23.4 Å². The number of aromatic nitrogens is 3. The average molecular weight is 469 g/mol. The molecule has 174 valence electrons. The number of rotatable bonds is 11. The molecule has 0 radical (unpaired) electrons. The van der Waals surface area contributed by atoms with E-state index in [-0.39, 0.29) is 17.8 Å². The van der Waals surface area contributed by atoms with Gasteiger partial charge >= 0.3 is 0 Å². The first-order chi connectivity index (χ1) is 15.9. The van der Waals surface area contributed by atoms with Gasteiger partial charge in [0.25, 0.3) is 0 Å². The normalized spacial score (nSPS) is 11.5. The number of ether oxygens (including phenoxy) is 3. The second kappa shape index (κ2) is 11.4. The largest absolute Gasteiger partial charge is 0.497 e. The highest BCUT2D eigenvalue weighted by molar-refractivity contribution is 7.99. The highest BCUT2D eigenvalue weighted by Gasteiger charge is 2.20. The predicted molar refractivity (Wildman–Crippen MR) is 129 cm³/mol. The van der Waals surface area contributed by atoms with Crippen LogP contribution in [0.15, 0.2) is 60.3 Å². The number of methoxy groups -OCH3 is 2. The van der Waals surface area contributed by atoms with Crippen LogP contribution in [0.4, 0.5) is 5.69 Å². The smallest absolute Gasteiger partial charge is 0.234 e. The Hall–Kier alpha value is -3.46. The van der Waals surface area contributed by atoms with Crippen LogP contribution in [0.5, 0.6) is 17.2 Å². The molecule has 0 saturated heterocycles. The molecule has 1 atom stereocenters. The molecule has 0 aliphatic carbocycles. The minimum Gasteiger partial charge on any atom is -0.497 e. The van der Waals surface area contributed by atoms with Gasteiger partial charge < -0.3 is 19.5 Å². The van der Waals surface area contributed by atoms with Gasteiger partial charge in [0.1, 0.15) is 17.2 Å². The molecule has 0 fully saturated rings. The maximum Gasteiger partial charge on any atom is 0.234 e. The van der Waals surface area contributed by atoms with Gasteiger partial charge in [0.05, 0.1) is 25.7 Å². The molecule has 9 heteroatoms. The first-order valence-corrected chi connectivity index (χ1v) is 11.4. The molecule has 1 N–H and O–H groups in total. The summed E-state index contributed by atoms with van der Waals surface area (Å²) >= 11 is 1.29. The zero-order valence-corrected chi connectivity index (χ0v) is 20.0. The van der Waals surface area contributed by atoms with Crippen LogP contribution < -0.4 is 19.5 Å². The zero-order chi connectivity index (χ0) is 23.8. The Morgan fingerprint density at radius 3 is 2.55 bits per heavy atom. The molecule has 0 bridgehead atoms. The Labute approximate surface area is 198 Å². The van der Waals surface area contributed by atoms with Gasteiger partial charge in [-0.3, -0.25) is 9.36 Å². The van der Waals surface area contributed by atoms with Crippen molar-refractivity contribution < 1.29 is 19.0 Å². The number of nitrogens with one attached hydrogen (secondary N) is 1. The lowest BCUT2D eigenvalue weighted by atomic mass is 10.2. The molecule has 8 nitrogen and oxygen atoms in total. The van der Waals surface area contributed by atoms with Crippen LogP contribution >= 0.6 is 11.8 Å². The van der Waals surface area contributed by atoms with E-state index in [4.69, 9.17) is 14.2 Å². The van der Waals surface area contributed by atoms with Crippen molar-refractivity contribution in [2.75, 3.05) is 25.3 Å². The molecule has 1 amide bonds. The molecular formula is C24H28N4O4S. The lowest BCUT2D eigenvalue weighted by Gasteiger charge is -2.16. The third-order valence-electron chi connectivity index (χ3n) is 4.77. The van der Waals surface area contributed by atoms with Crippen LogP contribution in [0, 0.1) is 6.92 Å². The highest BCUT2D eigenvalue weighted by atomic mass is 32.2. The van der Waals surface area contributed by atoms with Gasteiger partial charge in [-0.05, 0) is 38.1 Å². The van der Waals surface area contributed by atoms with E-state index in [0.717, 1.165) is 11.3 Å². The summed E-state index contributed by atoms with van der Waals surface area (Å²) in [6, 6.07) is 13.0. The molecule has 3 rings (SSSR count). The first-order valence-electron chi connectivity index (χ1n) is 10.4. The summed E-state index contributed by atoms with van der Waals surface area (Å²) in [4.78, 5) is 12.6. The van der Waals surface area contributed by atoms with Gasteiger partial charge in [-0.15, -0.1) is 16.8 Å². The number of anilines is 1. The van der Waals surface area contributed by atoms with Crippen molar-refractivity contribution in [1.82, 2.24) is 14.8 Å². The van der Waals surface area contributed by atoms with Crippen LogP contribution in [0.2, 0.25) is 0 Å². The maximum atomic E-state index is 12.6. The second-order valence-electron chi connectivity index (χ2n) is 7.22. The van der Waals surface area contributed by atoms with Gasteiger partial charge in [-0.2, -0.15) is 0 Å². The number of thioether (sulfide) groups is 1. The molecule has 0 spiro atoms. The zero-order valence-electron chi connectivity index (χ0n) is 19.2. The van der Waals surface area contributed by atoms with Crippen molar-refractivity contribution in [3.63, 3.8) is 0 Å². The van der Waals surface area contributed by atoms with Crippen molar-refractivity contribution in [2.45, 2.75) is 31.7 Å². The fourth-order valence-electron chi connectivity index (χ4n) is 3.10. The van der Waals surface area contributed by atoms with Crippen LogP contribution in [-0.4, -0.2) is 40.6 Å². The van der Waals surface area contributed by atoms with Crippen LogP contribution in [-0.2, 0) is 11.3 Å². The summed E-state index contributed by atoms with van der Waals surface area (Å²) in [7, 11) is 3.11. The Morgan fingerprint density at radius 1 is 1.15 bits per heavy atom. The second-order valence-corrected chi connectivity index (χ2v) is 8.16. The van der Waals surface area contributed by atoms with Crippen molar-refractivity contribution in [3.8, 4) is 17.2 Å². The van der Waals surface area contributed by atoms with E-state index in [0.29, 0.717) is 34.7 Å². The molecule has 2 aromatic carbocycles. The molecule has 0 aliphatic heterocycles. The molecular weight excluding hydrogens is 440 g/mol. The van der Waals surface area contributed by atoms with E-state index in [1.165, 1.54) is 18.9 Å². The molecule has 1 aromatic heterocycles. The van der Waals surface area contributed by atoms with E-state index < -0.39 is 0 Å². The highest BCUT2D eigenvalue weighted by Crippen LogP contribution is 2.30. The number of allylic oxidation sites excluding steroid dienone is 1. The summed E-state index contributed by atoms with van der Waals surface area (Å²) in [6.07, 6.45) is 1.43. The average Bonchev–Trinajstić information content (AvgIpc) is 3.22. The molecule has 0 saturated carbocycles. The number of carbonyl (C=O) groups excluding carboxylic acids is 1. The monoisotopic (exact) mass is 468 g/mol. The van der Waals surface area contributed by atoms with Crippen LogP contribution in [0.1, 0.15) is 24.4 Å². The first kappa shape index (κ1) is 24.2. The quantitative estimate of drug-likeness (QED) is 0.323. The SMILES string of the molecule is C=CCn1c(SCC(=O)Nc2ccc(OC)cc2OC)nnc1C(C)Oc1ccc(C)cc1. The van der Waals surface area contributed by atoms with Gasteiger partial charge in [0.15, 0.2) is 17.1 Å². The molecule has 0 aliphatic rings. The minimum atomic E-state index is -0.327. The topological polar surface area (TPSA) is 87.5 Å². The molecule has 33 heavy (non-hydrogen) atoms. The fourth-order valence-corrected chi connectivity index (χ4v) is 3.85. The summed E-state index contributed by atoms with van der Waals surface area (Å²) in [5.74, 6) is 2.54. The van der Waals surface area contributed by atoms with E-state index >= 15 is 0 Å².